The van der Waals surface area contributed by atoms with Crippen LogP contribution in [0.5, 0.6) is 5.75 Å². The van der Waals surface area contributed by atoms with E-state index in [0.717, 1.165) is 30.1 Å². The quantitative estimate of drug-likeness (QED) is 0.630. The molecule has 0 spiro atoms. The third-order valence-electron chi connectivity index (χ3n) is 6.31. The van der Waals surface area contributed by atoms with Crippen molar-refractivity contribution < 1.29 is 14.3 Å². The minimum atomic E-state index is -0.129. The smallest absolute Gasteiger partial charge is 0.276 e. The van der Waals surface area contributed by atoms with Gasteiger partial charge in [-0.25, -0.2) is 4.68 Å². The summed E-state index contributed by atoms with van der Waals surface area (Å²) < 4.78 is 13.1. The summed E-state index contributed by atoms with van der Waals surface area (Å²) >= 11 is 0. The number of carbonyl (C=O) groups is 1. The van der Waals surface area contributed by atoms with E-state index in [1.54, 1.807) is 11.8 Å². The van der Waals surface area contributed by atoms with Crippen molar-refractivity contribution in [3.05, 3.63) is 71.0 Å². The molecule has 0 N–H and O–H groups in total. The predicted octanol–water partition coefficient (Wildman–Crippen LogP) is 2.83. The molecule has 5 rings (SSSR count). The van der Waals surface area contributed by atoms with Crippen molar-refractivity contribution in [3.8, 4) is 5.75 Å². The maximum absolute atomic E-state index is 13.2. The van der Waals surface area contributed by atoms with Crippen molar-refractivity contribution >= 4 is 11.6 Å². The molecule has 0 aliphatic carbocycles. The van der Waals surface area contributed by atoms with E-state index in [2.05, 4.69) is 46.4 Å². The van der Waals surface area contributed by atoms with Crippen LogP contribution in [0.15, 0.2) is 48.5 Å². The first-order valence-corrected chi connectivity index (χ1v) is 10.9. The summed E-state index contributed by atoms with van der Waals surface area (Å²) in [7, 11) is 1.65. The zero-order valence-corrected chi connectivity index (χ0v) is 18.4. The van der Waals surface area contributed by atoms with Crippen LogP contribution in [0.25, 0.3) is 0 Å². The molecule has 3 aromatic rings. The maximum Gasteiger partial charge on any atom is 0.276 e. The summed E-state index contributed by atoms with van der Waals surface area (Å²) in [6, 6.07) is 16.2. The molecule has 1 fully saturated rings. The average Bonchev–Trinajstić information content (AvgIpc) is 3.27. The minimum Gasteiger partial charge on any atom is -0.497 e. The number of amides is 1. The van der Waals surface area contributed by atoms with E-state index in [1.165, 1.54) is 11.3 Å². The lowest BCUT2D eigenvalue weighted by Gasteiger charge is -2.36. The van der Waals surface area contributed by atoms with Crippen LogP contribution in [0.4, 0.5) is 5.69 Å². The molecular weight excluding hydrogens is 406 g/mol. The lowest BCUT2D eigenvalue weighted by molar-refractivity contribution is -0.00198. The lowest BCUT2D eigenvalue weighted by Crippen LogP contribution is -2.49. The molecule has 8 nitrogen and oxygen atoms in total. The van der Waals surface area contributed by atoms with Gasteiger partial charge in [0.05, 0.1) is 26.0 Å². The number of hydrogen-bond acceptors (Lipinski definition) is 6. The van der Waals surface area contributed by atoms with Crippen LogP contribution in [0.1, 0.15) is 33.4 Å². The number of methoxy groups -OCH3 is 1. The highest BCUT2D eigenvalue weighted by Gasteiger charge is 2.31. The molecular formula is C24H27N5O3. The van der Waals surface area contributed by atoms with Crippen LogP contribution in [-0.4, -0.2) is 59.1 Å². The summed E-state index contributed by atoms with van der Waals surface area (Å²) in [6.07, 6.45) is -0.129. The first-order chi connectivity index (χ1) is 15.6. The van der Waals surface area contributed by atoms with Crippen LogP contribution in [0, 0.1) is 6.92 Å². The molecule has 1 saturated heterocycles. The molecule has 1 aromatic heterocycles. The second-order valence-corrected chi connectivity index (χ2v) is 8.21. The van der Waals surface area contributed by atoms with E-state index in [0.29, 0.717) is 31.9 Å². The molecule has 32 heavy (non-hydrogen) atoms. The van der Waals surface area contributed by atoms with Gasteiger partial charge < -0.3 is 19.3 Å². The van der Waals surface area contributed by atoms with Crippen molar-refractivity contribution in [2.75, 3.05) is 38.2 Å². The summed E-state index contributed by atoms with van der Waals surface area (Å²) in [4.78, 5) is 17.4. The zero-order chi connectivity index (χ0) is 22.1. The van der Waals surface area contributed by atoms with Crippen LogP contribution in [-0.2, 0) is 17.9 Å². The number of carbonyl (C=O) groups excluding carboxylic acids is 1. The van der Waals surface area contributed by atoms with Crippen LogP contribution in [0.3, 0.4) is 0 Å². The molecule has 3 heterocycles. The molecule has 2 aromatic carbocycles. The monoisotopic (exact) mass is 433 g/mol. The predicted molar refractivity (Wildman–Crippen MR) is 120 cm³/mol. The van der Waals surface area contributed by atoms with Gasteiger partial charge in [-0.1, -0.05) is 35.5 Å². The van der Waals surface area contributed by atoms with Gasteiger partial charge >= 0.3 is 0 Å². The molecule has 1 atom stereocenters. The fourth-order valence-corrected chi connectivity index (χ4v) is 4.42. The fraction of sp³-hybridized carbons (Fsp3) is 0.375. The molecule has 1 amide bonds. The Morgan fingerprint density at radius 2 is 1.81 bits per heavy atom. The molecule has 166 valence electrons. The van der Waals surface area contributed by atoms with Crippen LogP contribution >= 0.6 is 0 Å². The second kappa shape index (κ2) is 8.63. The molecule has 8 heteroatoms. The van der Waals surface area contributed by atoms with Gasteiger partial charge in [-0.15, -0.1) is 5.10 Å². The van der Waals surface area contributed by atoms with E-state index in [-0.39, 0.29) is 12.0 Å². The van der Waals surface area contributed by atoms with E-state index in [1.807, 2.05) is 29.2 Å². The van der Waals surface area contributed by atoms with Crippen molar-refractivity contribution in [2.24, 2.45) is 0 Å². The Kier molecular flexibility index (Phi) is 5.53. The minimum absolute atomic E-state index is 0.0674. The normalized spacial score (nSPS) is 18.4. The molecule has 2 aliphatic rings. The largest absolute Gasteiger partial charge is 0.497 e. The first kappa shape index (κ1) is 20.5. The van der Waals surface area contributed by atoms with Gasteiger partial charge in [0.15, 0.2) is 5.69 Å². The number of nitrogens with zero attached hydrogens (tertiary/aromatic N) is 5. The van der Waals surface area contributed by atoms with Gasteiger partial charge in [0.2, 0.25) is 0 Å². The number of aryl methyl sites for hydroxylation is 1. The third kappa shape index (κ3) is 3.82. The highest BCUT2D eigenvalue weighted by Crippen LogP contribution is 2.29. The van der Waals surface area contributed by atoms with Gasteiger partial charge in [-0.2, -0.15) is 0 Å². The molecule has 0 saturated carbocycles. The van der Waals surface area contributed by atoms with Crippen molar-refractivity contribution in [2.45, 2.75) is 26.2 Å². The molecule has 0 radical (unpaired) electrons. The number of para-hydroxylation sites is 1. The van der Waals surface area contributed by atoms with Crippen molar-refractivity contribution in [1.29, 1.82) is 0 Å². The number of fused-ring (bicyclic) bond motifs is 1. The molecule has 0 bridgehead atoms. The number of ether oxygens (including phenoxy) is 2. The standard InChI is InChI=1S/C24H27N5O3/c1-17-5-3-4-6-20(17)27-11-13-28(14-12-27)24(30)23-21-16-32-22(15-29(21)26-25-23)18-7-9-19(31-2)10-8-18/h3-10,22H,11-16H2,1-2H3. The van der Waals surface area contributed by atoms with Gasteiger partial charge in [0.1, 0.15) is 11.9 Å². The Morgan fingerprint density at radius 1 is 1.06 bits per heavy atom. The number of aromatic nitrogens is 3. The number of benzene rings is 2. The number of rotatable bonds is 4. The topological polar surface area (TPSA) is 72.7 Å². The Labute approximate surface area is 187 Å². The first-order valence-electron chi connectivity index (χ1n) is 10.9. The molecule has 1 unspecified atom stereocenters. The van der Waals surface area contributed by atoms with Gasteiger partial charge in [0.25, 0.3) is 5.91 Å². The fourth-order valence-electron chi connectivity index (χ4n) is 4.42. The van der Waals surface area contributed by atoms with E-state index < -0.39 is 0 Å². The van der Waals surface area contributed by atoms with Crippen molar-refractivity contribution in [1.82, 2.24) is 19.9 Å². The Hall–Kier alpha value is -3.39. The number of anilines is 1. The Morgan fingerprint density at radius 3 is 2.53 bits per heavy atom. The van der Waals surface area contributed by atoms with E-state index in [4.69, 9.17) is 9.47 Å². The van der Waals surface area contributed by atoms with Crippen LogP contribution in [0.2, 0.25) is 0 Å². The van der Waals surface area contributed by atoms with Gasteiger partial charge in [0, 0.05) is 31.9 Å². The second-order valence-electron chi connectivity index (χ2n) is 8.21. The number of hydrogen-bond donors (Lipinski definition) is 0. The lowest BCUT2D eigenvalue weighted by atomic mass is 10.1. The summed E-state index contributed by atoms with van der Waals surface area (Å²) in [5, 5.41) is 8.49. The summed E-state index contributed by atoms with van der Waals surface area (Å²) in [5.74, 6) is 0.739. The maximum atomic E-state index is 13.2. The van der Waals surface area contributed by atoms with E-state index >= 15 is 0 Å². The number of piperazine rings is 1. The molecule has 2 aliphatic heterocycles. The van der Waals surface area contributed by atoms with Crippen molar-refractivity contribution in [3.63, 3.8) is 0 Å². The summed E-state index contributed by atoms with van der Waals surface area (Å²) in [6.45, 7) is 5.89. The van der Waals surface area contributed by atoms with Gasteiger partial charge in [-0.3, -0.25) is 4.79 Å². The third-order valence-corrected chi connectivity index (χ3v) is 6.31. The van der Waals surface area contributed by atoms with Crippen LogP contribution < -0.4 is 9.64 Å². The SMILES string of the molecule is COc1ccc(C2Cn3nnc(C(=O)N4CCN(c5ccccc5C)CC4)c3CO2)cc1. The zero-order valence-electron chi connectivity index (χ0n) is 18.4. The highest BCUT2D eigenvalue weighted by molar-refractivity contribution is 5.93. The van der Waals surface area contributed by atoms with Gasteiger partial charge in [-0.05, 0) is 36.2 Å². The highest BCUT2D eigenvalue weighted by atomic mass is 16.5. The Balaban J connectivity index is 1.25. The summed E-state index contributed by atoms with van der Waals surface area (Å²) in [5.41, 5.74) is 4.69. The average molecular weight is 434 g/mol. The van der Waals surface area contributed by atoms with E-state index in [9.17, 15) is 4.79 Å². The Bertz CT molecular complexity index is 1100.